The standard InChI is InChI=1S/C11H19N5O/c1-15-5-3-9(4-6-15)8-16(2)11(17)10-7-12-14-13-10/h7,9H,3-6,8H2,1-2H3,(H,12,13,14). The summed E-state index contributed by atoms with van der Waals surface area (Å²) in [5.74, 6) is 0.546. The summed E-state index contributed by atoms with van der Waals surface area (Å²) < 4.78 is 0. The number of hydrogen-bond acceptors (Lipinski definition) is 4. The maximum absolute atomic E-state index is 11.9. The molecule has 0 atom stereocenters. The van der Waals surface area contributed by atoms with E-state index in [0.717, 1.165) is 32.5 Å². The number of aromatic nitrogens is 3. The number of carbonyl (C=O) groups is 1. The molecule has 0 saturated carbocycles. The largest absolute Gasteiger partial charge is 0.340 e. The highest BCUT2D eigenvalue weighted by molar-refractivity contribution is 5.91. The van der Waals surface area contributed by atoms with Crippen LogP contribution in [0.5, 0.6) is 0 Å². The van der Waals surface area contributed by atoms with E-state index in [9.17, 15) is 4.79 Å². The lowest BCUT2D eigenvalue weighted by Crippen LogP contribution is -2.38. The van der Waals surface area contributed by atoms with Gasteiger partial charge in [0.05, 0.1) is 6.20 Å². The van der Waals surface area contributed by atoms with Crippen molar-refractivity contribution in [3.63, 3.8) is 0 Å². The molecule has 0 unspecified atom stereocenters. The van der Waals surface area contributed by atoms with Gasteiger partial charge in [0.1, 0.15) is 0 Å². The fraction of sp³-hybridized carbons (Fsp3) is 0.727. The van der Waals surface area contributed by atoms with E-state index in [1.165, 1.54) is 6.20 Å². The van der Waals surface area contributed by atoms with Crippen molar-refractivity contribution >= 4 is 5.91 Å². The lowest BCUT2D eigenvalue weighted by Gasteiger charge is -2.31. The van der Waals surface area contributed by atoms with Crippen molar-refractivity contribution in [3.05, 3.63) is 11.9 Å². The fourth-order valence-electron chi connectivity index (χ4n) is 2.22. The monoisotopic (exact) mass is 237 g/mol. The molecule has 94 valence electrons. The summed E-state index contributed by atoms with van der Waals surface area (Å²) in [5, 5.41) is 9.92. The molecule has 1 aliphatic rings. The van der Waals surface area contributed by atoms with Crippen molar-refractivity contribution in [2.45, 2.75) is 12.8 Å². The summed E-state index contributed by atoms with van der Waals surface area (Å²) in [4.78, 5) is 16.0. The highest BCUT2D eigenvalue weighted by Crippen LogP contribution is 2.17. The second-order valence-corrected chi connectivity index (χ2v) is 4.79. The molecule has 2 rings (SSSR count). The van der Waals surface area contributed by atoms with Crippen LogP contribution in [0.3, 0.4) is 0 Å². The van der Waals surface area contributed by atoms with Crippen molar-refractivity contribution in [2.24, 2.45) is 5.92 Å². The molecule has 1 N–H and O–H groups in total. The van der Waals surface area contributed by atoms with Crippen LogP contribution in [0.2, 0.25) is 0 Å². The summed E-state index contributed by atoms with van der Waals surface area (Å²) in [7, 11) is 3.97. The Balaban J connectivity index is 1.85. The Bertz CT molecular complexity index is 356. The molecule has 0 spiro atoms. The normalized spacial score (nSPS) is 18.2. The fourth-order valence-corrected chi connectivity index (χ4v) is 2.22. The van der Waals surface area contributed by atoms with Crippen LogP contribution in [0.15, 0.2) is 6.20 Å². The van der Waals surface area contributed by atoms with Gasteiger partial charge in [0.25, 0.3) is 5.91 Å². The molecule has 17 heavy (non-hydrogen) atoms. The Kier molecular flexibility index (Phi) is 3.73. The molecule has 0 bridgehead atoms. The Morgan fingerprint density at radius 1 is 1.59 bits per heavy atom. The van der Waals surface area contributed by atoms with Gasteiger partial charge in [-0.05, 0) is 38.9 Å². The van der Waals surface area contributed by atoms with Crippen molar-refractivity contribution in [3.8, 4) is 0 Å². The van der Waals surface area contributed by atoms with Gasteiger partial charge in [-0.2, -0.15) is 15.4 Å². The summed E-state index contributed by atoms with van der Waals surface area (Å²) in [6.45, 7) is 3.05. The highest BCUT2D eigenvalue weighted by Gasteiger charge is 2.21. The maximum Gasteiger partial charge on any atom is 0.275 e. The third kappa shape index (κ3) is 3.03. The van der Waals surface area contributed by atoms with Crippen LogP contribution in [0.25, 0.3) is 0 Å². The van der Waals surface area contributed by atoms with Gasteiger partial charge < -0.3 is 9.80 Å². The molecule has 1 saturated heterocycles. The maximum atomic E-state index is 11.9. The van der Waals surface area contributed by atoms with Crippen LogP contribution in [-0.4, -0.2) is 64.8 Å². The minimum absolute atomic E-state index is 0.0577. The van der Waals surface area contributed by atoms with Crippen LogP contribution >= 0.6 is 0 Å². The number of hydrogen-bond donors (Lipinski definition) is 1. The number of carbonyl (C=O) groups excluding carboxylic acids is 1. The minimum Gasteiger partial charge on any atom is -0.340 e. The number of amides is 1. The molecule has 1 aliphatic heterocycles. The van der Waals surface area contributed by atoms with Gasteiger partial charge in [-0.3, -0.25) is 4.79 Å². The quantitative estimate of drug-likeness (QED) is 0.816. The van der Waals surface area contributed by atoms with Crippen molar-refractivity contribution in [1.82, 2.24) is 25.2 Å². The van der Waals surface area contributed by atoms with Crippen molar-refractivity contribution in [2.75, 3.05) is 33.7 Å². The first-order chi connectivity index (χ1) is 8.16. The molecule has 0 aliphatic carbocycles. The van der Waals surface area contributed by atoms with Crippen LogP contribution in [-0.2, 0) is 0 Å². The third-order valence-corrected chi connectivity index (χ3v) is 3.35. The molecular weight excluding hydrogens is 218 g/mol. The zero-order valence-electron chi connectivity index (χ0n) is 10.4. The van der Waals surface area contributed by atoms with Gasteiger partial charge in [-0.15, -0.1) is 0 Å². The first-order valence-corrected chi connectivity index (χ1v) is 5.96. The Morgan fingerprint density at radius 2 is 2.29 bits per heavy atom. The van der Waals surface area contributed by atoms with E-state index in [2.05, 4.69) is 27.4 Å². The summed E-state index contributed by atoms with van der Waals surface area (Å²) >= 11 is 0. The lowest BCUT2D eigenvalue weighted by molar-refractivity contribution is 0.0741. The van der Waals surface area contributed by atoms with E-state index in [-0.39, 0.29) is 5.91 Å². The van der Waals surface area contributed by atoms with Gasteiger partial charge in [0.15, 0.2) is 5.69 Å². The number of rotatable bonds is 3. The average Bonchev–Trinajstić information content (AvgIpc) is 2.84. The van der Waals surface area contributed by atoms with Gasteiger partial charge in [0, 0.05) is 13.6 Å². The van der Waals surface area contributed by atoms with Crippen LogP contribution in [0, 0.1) is 5.92 Å². The molecule has 1 fully saturated rings. The first kappa shape index (κ1) is 12.0. The summed E-state index contributed by atoms with van der Waals surface area (Å²) in [5.41, 5.74) is 0.389. The van der Waals surface area contributed by atoms with Gasteiger partial charge >= 0.3 is 0 Å². The van der Waals surface area contributed by atoms with Gasteiger partial charge in [-0.1, -0.05) is 0 Å². The van der Waals surface area contributed by atoms with Crippen LogP contribution < -0.4 is 0 Å². The van der Waals surface area contributed by atoms with E-state index in [4.69, 9.17) is 0 Å². The molecule has 6 heteroatoms. The smallest absolute Gasteiger partial charge is 0.275 e. The van der Waals surface area contributed by atoms with E-state index >= 15 is 0 Å². The third-order valence-electron chi connectivity index (χ3n) is 3.35. The number of aromatic amines is 1. The number of piperidine rings is 1. The molecule has 1 aromatic rings. The van der Waals surface area contributed by atoms with Crippen LogP contribution in [0.1, 0.15) is 23.3 Å². The first-order valence-electron chi connectivity index (χ1n) is 5.96. The molecule has 0 aromatic carbocycles. The molecule has 1 amide bonds. The number of likely N-dealkylation sites (tertiary alicyclic amines) is 1. The lowest BCUT2D eigenvalue weighted by atomic mass is 9.96. The topological polar surface area (TPSA) is 65.1 Å². The molecule has 1 aromatic heterocycles. The predicted octanol–water partition coefficient (Wildman–Crippen LogP) is 0.218. The van der Waals surface area contributed by atoms with E-state index < -0.39 is 0 Å². The molecular formula is C11H19N5O. The Labute approximate surface area is 101 Å². The van der Waals surface area contributed by atoms with Crippen LogP contribution in [0.4, 0.5) is 0 Å². The summed E-state index contributed by atoms with van der Waals surface area (Å²) in [6.07, 6.45) is 3.79. The zero-order valence-corrected chi connectivity index (χ0v) is 10.4. The molecule has 0 radical (unpaired) electrons. The average molecular weight is 237 g/mol. The van der Waals surface area contributed by atoms with Gasteiger partial charge in [0.2, 0.25) is 0 Å². The highest BCUT2D eigenvalue weighted by atomic mass is 16.2. The second kappa shape index (κ2) is 5.27. The SMILES string of the molecule is CN1CCC(CN(C)C(=O)c2cn[nH]n2)CC1. The van der Waals surface area contributed by atoms with Gasteiger partial charge in [-0.25, -0.2) is 0 Å². The zero-order chi connectivity index (χ0) is 12.3. The number of nitrogens with zero attached hydrogens (tertiary/aromatic N) is 4. The van der Waals surface area contributed by atoms with Crippen molar-refractivity contribution in [1.29, 1.82) is 0 Å². The minimum atomic E-state index is -0.0577. The Morgan fingerprint density at radius 3 is 2.88 bits per heavy atom. The number of H-pyrrole nitrogens is 1. The summed E-state index contributed by atoms with van der Waals surface area (Å²) in [6, 6.07) is 0. The van der Waals surface area contributed by atoms with E-state index in [0.29, 0.717) is 11.6 Å². The Hall–Kier alpha value is -1.43. The second-order valence-electron chi connectivity index (χ2n) is 4.79. The van der Waals surface area contributed by atoms with E-state index in [1.54, 1.807) is 4.90 Å². The van der Waals surface area contributed by atoms with E-state index in [1.807, 2.05) is 7.05 Å². The predicted molar refractivity (Wildman–Crippen MR) is 63.6 cm³/mol. The molecule has 6 nitrogen and oxygen atoms in total. The molecule has 2 heterocycles. The van der Waals surface area contributed by atoms with Crippen molar-refractivity contribution < 1.29 is 4.79 Å². The number of nitrogens with one attached hydrogen (secondary N) is 1.